The highest BCUT2D eigenvalue weighted by molar-refractivity contribution is 7.98. The van der Waals surface area contributed by atoms with Crippen molar-refractivity contribution in [3.05, 3.63) is 11.7 Å². The third-order valence-corrected chi connectivity index (χ3v) is 3.98. The molecule has 1 unspecified atom stereocenters. The van der Waals surface area contributed by atoms with Gasteiger partial charge in [-0.3, -0.25) is 0 Å². The Morgan fingerprint density at radius 2 is 2.47 bits per heavy atom. The van der Waals surface area contributed by atoms with Crippen LogP contribution in [0.15, 0.2) is 4.52 Å². The second kappa shape index (κ2) is 7.01. The number of nitrogens with zero attached hydrogens (tertiary/aromatic N) is 2. The van der Waals surface area contributed by atoms with E-state index in [2.05, 4.69) is 22.4 Å². The molecule has 0 bridgehead atoms. The average Bonchev–Trinajstić information content (AvgIpc) is 2.83. The first-order chi connectivity index (χ1) is 8.38. The molecule has 5 heteroatoms. The smallest absolute Gasteiger partial charge is 0.226 e. The van der Waals surface area contributed by atoms with Crippen molar-refractivity contribution >= 4 is 11.8 Å². The van der Waals surface area contributed by atoms with Gasteiger partial charge < -0.3 is 9.84 Å². The van der Waals surface area contributed by atoms with Crippen molar-refractivity contribution in [2.75, 3.05) is 18.8 Å². The zero-order chi connectivity index (χ0) is 11.9. The Hall–Kier alpha value is -0.550. The largest absolute Gasteiger partial charge is 0.339 e. The first kappa shape index (κ1) is 12.9. The van der Waals surface area contributed by atoms with Gasteiger partial charge in [-0.05, 0) is 44.0 Å². The lowest BCUT2D eigenvalue weighted by Gasteiger charge is -2.21. The average molecular weight is 255 g/mol. The number of piperidine rings is 1. The Balaban J connectivity index is 1.72. The van der Waals surface area contributed by atoms with Gasteiger partial charge in [0, 0.05) is 6.42 Å². The Labute approximate surface area is 107 Å². The van der Waals surface area contributed by atoms with Crippen LogP contribution in [0.5, 0.6) is 0 Å². The lowest BCUT2D eigenvalue weighted by molar-refractivity contribution is 0.326. The molecule has 0 radical (unpaired) electrons. The third-order valence-electron chi connectivity index (χ3n) is 3.11. The van der Waals surface area contributed by atoms with Crippen molar-refractivity contribution in [1.82, 2.24) is 15.5 Å². The zero-order valence-electron chi connectivity index (χ0n) is 10.4. The fourth-order valence-electron chi connectivity index (χ4n) is 2.14. The maximum absolute atomic E-state index is 5.26. The van der Waals surface area contributed by atoms with Gasteiger partial charge in [0.1, 0.15) is 0 Å². The third kappa shape index (κ3) is 4.32. The predicted molar refractivity (Wildman–Crippen MR) is 70.0 cm³/mol. The zero-order valence-corrected chi connectivity index (χ0v) is 11.3. The quantitative estimate of drug-likeness (QED) is 0.845. The van der Waals surface area contributed by atoms with Crippen LogP contribution in [0.1, 0.15) is 37.9 Å². The van der Waals surface area contributed by atoms with Crippen LogP contribution in [0.2, 0.25) is 0 Å². The van der Waals surface area contributed by atoms with E-state index in [0.717, 1.165) is 48.5 Å². The highest BCUT2D eigenvalue weighted by atomic mass is 32.2. The van der Waals surface area contributed by atoms with Gasteiger partial charge in [-0.25, -0.2) is 0 Å². The van der Waals surface area contributed by atoms with Crippen molar-refractivity contribution in [3.8, 4) is 0 Å². The van der Waals surface area contributed by atoms with Crippen LogP contribution in [0.3, 0.4) is 0 Å². The summed E-state index contributed by atoms with van der Waals surface area (Å²) in [6.07, 6.45) is 4.72. The summed E-state index contributed by atoms with van der Waals surface area (Å²) < 4.78 is 5.26. The monoisotopic (exact) mass is 255 g/mol. The van der Waals surface area contributed by atoms with E-state index in [1.54, 1.807) is 0 Å². The van der Waals surface area contributed by atoms with Gasteiger partial charge in [0.05, 0.1) is 5.75 Å². The lowest BCUT2D eigenvalue weighted by atomic mass is 9.95. The Morgan fingerprint density at radius 1 is 1.53 bits per heavy atom. The molecule has 1 N–H and O–H groups in total. The van der Waals surface area contributed by atoms with Crippen LogP contribution < -0.4 is 5.32 Å². The SMILES string of the molecule is CCSCc1noc(CCC2CCCNC2)n1. The molecule has 1 fully saturated rings. The Bertz CT molecular complexity index is 323. The van der Waals surface area contributed by atoms with E-state index in [1.807, 2.05) is 11.8 Å². The normalized spacial score (nSPS) is 20.6. The van der Waals surface area contributed by atoms with Gasteiger partial charge >= 0.3 is 0 Å². The second-order valence-corrected chi connectivity index (χ2v) is 5.77. The van der Waals surface area contributed by atoms with Crippen molar-refractivity contribution in [1.29, 1.82) is 0 Å². The number of rotatable bonds is 6. The van der Waals surface area contributed by atoms with E-state index in [4.69, 9.17) is 4.52 Å². The van der Waals surface area contributed by atoms with Crippen molar-refractivity contribution in [2.45, 2.75) is 38.4 Å². The fraction of sp³-hybridized carbons (Fsp3) is 0.833. The molecule has 2 rings (SSSR count). The van der Waals surface area contributed by atoms with Crippen LogP contribution in [0.25, 0.3) is 0 Å². The van der Waals surface area contributed by atoms with E-state index in [9.17, 15) is 0 Å². The molecule has 1 atom stereocenters. The maximum atomic E-state index is 5.26. The standard InChI is InChI=1S/C12H21N3OS/c1-2-17-9-11-14-12(16-15-11)6-5-10-4-3-7-13-8-10/h10,13H,2-9H2,1H3. The van der Waals surface area contributed by atoms with Crippen LogP contribution in [0, 0.1) is 5.92 Å². The summed E-state index contributed by atoms with van der Waals surface area (Å²) in [7, 11) is 0. The molecule has 1 aliphatic heterocycles. The Morgan fingerprint density at radius 3 is 3.24 bits per heavy atom. The van der Waals surface area contributed by atoms with Gasteiger partial charge in [0.25, 0.3) is 0 Å². The van der Waals surface area contributed by atoms with Crippen molar-refractivity contribution in [3.63, 3.8) is 0 Å². The van der Waals surface area contributed by atoms with Crippen molar-refractivity contribution < 1.29 is 4.52 Å². The van der Waals surface area contributed by atoms with Crippen LogP contribution in [-0.4, -0.2) is 29.0 Å². The summed E-state index contributed by atoms with van der Waals surface area (Å²) in [6, 6.07) is 0. The predicted octanol–water partition coefficient (Wildman–Crippen LogP) is 2.25. The topological polar surface area (TPSA) is 51.0 Å². The molecule has 1 aliphatic rings. The number of aryl methyl sites for hydroxylation is 1. The van der Waals surface area contributed by atoms with Crippen LogP contribution >= 0.6 is 11.8 Å². The van der Waals surface area contributed by atoms with Gasteiger partial charge in [-0.2, -0.15) is 16.7 Å². The first-order valence-electron chi connectivity index (χ1n) is 6.48. The fourth-order valence-corrected chi connectivity index (χ4v) is 2.65. The lowest BCUT2D eigenvalue weighted by Crippen LogP contribution is -2.29. The molecule has 1 aromatic heterocycles. The van der Waals surface area contributed by atoms with Crippen LogP contribution in [-0.2, 0) is 12.2 Å². The van der Waals surface area contributed by atoms with E-state index < -0.39 is 0 Å². The molecule has 0 amide bonds. The minimum atomic E-state index is 0.782. The minimum absolute atomic E-state index is 0.782. The summed E-state index contributed by atoms with van der Waals surface area (Å²) in [5, 5.41) is 7.43. The van der Waals surface area contributed by atoms with Gasteiger partial charge in [-0.1, -0.05) is 12.1 Å². The summed E-state index contributed by atoms with van der Waals surface area (Å²) >= 11 is 1.83. The van der Waals surface area contributed by atoms with Gasteiger partial charge in [0.2, 0.25) is 5.89 Å². The number of hydrogen-bond donors (Lipinski definition) is 1. The number of thioether (sulfide) groups is 1. The molecule has 0 aromatic carbocycles. The molecule has 96 valence electrons. The van der Waals surface area contributed by atoms with Gasteiger partial charge in [0.15, 0.2) is 5.82 Å². The first-order valence-corrected chi connectivity index (χ1v) is 7.64. The summed E-state index contributed by atoms with van der Waals surface area (Å²) in [5.41, 5.74) is 0. The molecule has 1 saturated heterocycles. The molecule has 2 heterocycles. The number of aromatic nitrogens is 2. The molecule has 1 aromatic rings. The number of hydrogen-bond acceptors (Lipinski definition) is 5. The summed E-state index contributed by atoms with van der Waals surface area (Å²) in [5.74, 6) is 4.39. The maximum Gasteiger partial charge on any atom is 0.226 e. The molecule has 0 spiro atoms. The molecule has 0 saturated carbocycles. The molecule has 0 aliphatic carbocycles. The highest BCUT2D eigenvalue weighted by Gasteiger charge is 2.14. The molecule has 4 nitrogen and oxygen atoms in total. The van der Waals surface area contributed by atoms with Crippen LogP contribution in [0.4, 0.5) is 0 Å². The van der Waals surface area contributed by atoms with E-state index >= 15 is 0 Å². The second-order valence-electron chi connectivity index (χ2n) is 4.49. The summed E-state index contributed by atoms with van der Waals surface area (Å²) in [4.78, 5) is 4.41. The van der Waals surface area contributed by atoms with E-state index in [0.29, 0.717) is 0 Å². The summed E-state index contributed by atoms with van der Waals surface area (Å²) in [6.45, 7) is 4.46. The molecular weight excluding hydrogens is 234 g/mol. The molecule has 17 heavy (non-hydrogen) atoms. The van der Waals surface area contributed by atoms with Gasteiger partial charge in [-0.15, -0.1) is 0 Å². The Kier molecular flexibility index (Phi) is 5.32. The highest BCUT2D eigenvalue weighted by Crippen LogP contribution is 2.17. The van der Waals surface area contributed by atoms with Crippen molar-refractivity contribution in [2.24, 2.45) is 5.92 Å². The van der Waals surface area contributed by atoms with E-state index in [-0.39, 0.29) is 0 Å². The minimum Gasteiger partial charge on any atom is -0.339 e. The molecular formula is C12H21N3OS. The number of nitrogens with one attached hydrogen (secondary N) is 1. The van der Waals surface area contributed by atoms with E-state index in [1.165, 1.54) is 19.4 Å².